The number of methoxy groups -OCH3 is 1. The highest BCUT2D eigenvalue weighted by atomic mass is 35.5. The van der Waals surface area contributed by atoms with Gasteiger partial charge in [-0.05, 0) is 44.2 Å². The summed E-state index contributed by atoms with van der Waals surface area (Å²) in [6, 6.07) is 5.36. The molecule has 0 atom stereocenters. The highest BCUT2D eigenvalue weighted by Gasteiger charge is 2.31. The fourth-order valence-electron chi connectivity index (χ4n) is 3.38. The average Bonchev–Trinajstić information content (AvgIpc) is 2.92. The number of rotatable bonds is 3. The second kappa shape index (κ2) is 7.68. The van der Waals surface area contributed by atoms with E-state index in [1.807, 2.05) is 0 Å². The van der Waals surface area contributed by atoms with E-state index in [0.717, 1.165) is 24.3 Å². The van der Waals surface area contributed by atoms with Crippen molar-refractivity contribution in [3.8, 4) is 11.5 Å². The molecule has 0 bridgehead atoms. The highest BCUT2D eigenvalue weighted by molar-refractivity contribution is 6.33. The SMILES string of the molecule is COc1c(Cl)cc2c(c1C)c(OC(C)=O)c(C)n2C(=O)c1ccc(C(F)(F)F)cc1. The van der Waals surface area contributed by atoms with Crippen LogP contribution < -0.4 is 9.47 Å². The first-order valence-electron chi connectivity index (χ1n) is 8.75. The van der Waals surface area contributed by atoms with Crippen LogP contribution in [0, 0.1) is 13.8 Å². The molecule has 0 unspecified atom stereocenters. The molecule has 0 amide bonds. The lowest BCUT2D eigenvalue weighted by Crippen LogP contribution is -2.14. The van der Waals surface area contributed by atoms with Crippen LogP contribution in [0.3, 0.4) is 0 Å². The number of ether oxygens (including phenoxy) is 2. The number of halogens is 4. The largest absolute Gasteiger partial charge is 0.495 e. The lowest BCUT2D eigenvalue weighted by atomic mass is 10.1. The van der Waals surface area contributed by atoms with E-state index in [9.17, 15) is 22.8 Å². The van der Waals surface area contributed by atoms with Gasteiger partial charge in [-0.3, -0.25) is 14.2 Å². The van der Waals surface area contributed by atoms with E-state index in [2.05, 4.69) is 0 Å². The Labute approximate surface area is 174 Å². The molecule has 0 radical (unpaired) electrons. The predicted molar refractivity (Wildman–Crippen MR) is 105 cm³/mol. The summed E-state index contributed by atoms with van der Waals surface area (Å²) in [5, 5.41) is 0.681. The van der Waals surface area contributed by atoms with E-state index in [4.69, 9.17) is 21.1 Å². The van der Waals surface area contributed by atoms with Gasteiger partial charge in [0.1, 0.15) is 5.75 Å². The van der Waals surface area contributed by atoms with Gasteiger partial charge in [-0.2, -0.15) is 13.2 Å². The first-order chi connectivity index (χ1) is 14.0. The maximum Gasteiger partial charge on any atom is 0.416 e. The van der Waals surface area contributed by atoms with Gasteiger partial charge in [0.05, 0.1) is 34.3 Å². The van der Waals surface area contributed by atoms with Crippen molar-refractivity contribution in [3.63, 3.8) is 0 Å². The molecule has 0 aliphatic heterocycles. The van der Waals surface area contributed by atoms with E-state index in [0.29, 0.717) is 27.9 Å². The van der Waals surface area contributed by atoms with Crippen LogP contribution in [0.5, 0.6) is 11.5 Å². The Morgan fingerprint density at radius 2 is 1.67 bits per heavy atom. The van der Waals surface area contributed by atoms with Crippen LogP contribution in [0.1, 0.15) is 34.1 Å². The van der Waals surface area contributed by atoms with Gasteiger partial charge in [0, 0.05) is 18.1 Å². The number of hydrogen-bond acceptors (Lipinski definition) is 4. The fraction of sp³-hybridized carbons (Fsp3) is 0.238. The lowest BCUT2D eigenvalue weighted by Gasteiger charge is -2.11. The standard InChI is InChI=1S/C21H17ClF3NO4/c1-10-17-16(9-15(22)18(10)29-4)26(11(2)19(17)30-12(3)27)20(28)13-5-7-14(8-6-13)21(23,24)25/h5-9H,1-4H3. The zero-order chi connectivity index (χ0) is 22.4. The molecule has 1 heterocycles. The van der Waals surface area contributed by atoms with Crippen molar-refractivity contribution >= 4 is 34.4 Å². The summed E-state index contributed by atoms with van der Waals surface area (Å²) in [6.45, 7) is 4.50. The number of hydrogen-bond donors (Lipinski definition) is 0. The van der Waals surface area contributed by atoms with Crippen molar-refractivity contribution in [3.05, 3.63) is 57.7 Å². The Bertz CT molecular complexity index is 1160. The molecule has 0 fully saturated rings. The fourth-order valence-corrected chi connectivity index (χ4v) is 3.70. The smallest absolute Gasteiger partial charge is 0.416 e. The third-order valence-electron chi connectivity index (χ3n) is 4.70. The van der Waals surface area contributed by atoms with Crippen molar-refractivity contribution in [1.29, 1.82) is 0 Å². The number of carbonyl (C=O) groups is 2. The number of fused-ring (bicyclic) bond motifs is 1. The molecule has 0 spiro atoms. The van der Waals surface area contributed by atoms with E-state index < -0.39 is 23.6 Å². The summed E-state index contributed by atoms with van der Waals surface area (Å²) in [4.78, 5) is 24.8. The summed E-state index contributed by atoms with van der Waals surface area (Å²) in [7, 11) is 1.43. The quantitative estimate of drug-likeness (QED) is 0.502. The zero-order valence-corrected chi connectivity index (χ0v) is 17.2. The molecular formula is C21H17ClF3NO4. The molecule has 30 heavy (non-hydrogen) atoms. The summed E-state index contributed by atoms with van der Waals surface area (Å²) >= 11 is 6.29. The third kappa shape index (κ3) is 3.63. The third-order valence-corrected chi connectivity index (χ3v) is 4.98. The molecule has 2 aromatic carbocycles. The minimum Gasteiger partial charge on any atom is -0.495 e. The minimum atomic E-state index is -4.51. The van der Waals surface area contributed by atoms with Gasteiger partial charge in [-0.15, -0.1) is 0 Å². The van der Waals surface area contributed by atoms with E-state index in [1.165, 1.54) is 24.7 Å². The van der Waals surface area contributed by atoms with Gasteiger partial charge in [-0.1, -0.05) is 11.6 Å². The molecule has 0 aliphatic carbocycles. The molecule has 5 nitrogen and oxygen atoms in total. The predicted octanol–water partition coefficient (Wildman–Crippen LogP) is 5.55. The van der Waals surface area contributed by atoms with Crippen LogP contribution in [0.2, 0.25) is 5.02 Å². The maximum atomic E-state index is 13.2. The van der Waals surface area contributed by atoms with Crippen molar-refractivity contribution in [2.24, 2.45) is 0 Å². The highest BCUT2D eigenvalue weighted by Crippen LogP contribution is 2.43. The molecule has 3 aromatic rings. The number of alkyl halides is 3. The first kappa shape index (κ1) is 21.7. The Balaban J connectivity index is 2.26. The summed E-state index contributed by atoms with van der Waals surface area (Å²) in [6.07, 6.45) is -4.51. The Morgan fingerprint density at radius 3 is 2.17 bits per heavy atom. The average molecular weight is 440 g/mol. The lowest BCUT2D eigenvalue weighted by molar-refractivity contribution is -0.137. The molecule has 9 heteroatoms. The van der Waals surface area contributed by atoms with E-state index in [1.54, 1.807) is 13.8 Å². The summed E-state index contributed by atoms with van der Waals surface area (Å²) in [5.74, 6) is -0.667. The van der Waals surface area contributed by atoms with Crippen LogP contribution in [0.25, 0.3) is 10.9 Å². The van der Waals surface area contributed by atoms with Crippen molar-refractivity contribution in [2.75, 3.05) is 7.11 Å². The Morgan fingerprint density at radius 1 is 1.07 bits per heavy atom. The van der Waals surface area contributed by atoms with E-state index >= 15 is 0 Å². The number of esters is 1. The monoisotopic (exact) mass is 439 g/mol. The first-order valence-corrected chi connectivity index (χ1v) is 9.13. The molecule has 158 valence electrons. The Kier molecular flexibility index (Phi) is 5.56. The minimum absolute atomic E-state index is 0.0296. The van der Waals surface area contributed by atoms with Gasteiger partial charge in [0.2, 0.25) is 0 Å². The van der Waals surface area contributed by atoms with Gasteiger partial charge in [0.25, 0.3) is 5.91 Å². The second-order valence-electron chi connectivity index (χ2n) is 6.63. The van der Waals surface area contributed by atoms with Crippen molar-refractivity contribution < 1.29 is 32.2 Å². The maximum absolute atomic E-state index is 13.2. The molecule has 0 saturated heterocycles. The van der Waals surface area contributed by atoms with Crippen molar-refractivity contribution in [1.82, 2.24) is 4.57 Å². The van der Waals surface area contributed by atoms with Crippen LogP contribution in [-0.2, 0) is 11.0 Å². The molecule has 1 aromatic heterocycles. The van der Waals surface area contributed by atoms with Gasteiger partial charge in [-0.25, -0.2) is 0 Å². The number of benzene rings is 2. The van der Waals surface area contributed by atoms with Crippen LogP contribution in [-0.4, -0.2) is 23.6 Å². The molecule has 3 rings (SSSR count). The van der Waals surface area contributed by atoms with Crippen LogP contribution >= 0.6 is 11.6 Å². The number of aryl methyl sites for hydroxylation is 1. The van der Waals surface area contributed by atoms with Crippen LogP contribution in [0.4, 0.5) is 13.2 Å². The normalized spacial score (nSPS) is 11.6. The Hall–Kier alpha value is -3.00. The zero-order valence-electron chi connectivity index (χ0n) is 16.5. The summed E-state index contributed by atoms with van der Waals surface area (Å²) < 4.78 is 50.4. The second-order valence-corrected chi connectivity index (χ2v) is 7.04. The summed E-state index contributed by atoms with van der Waals surface area (Å²) in [5.41, 5.74) is 0.368. The van der Waals surface area contributed by atoms with Gasteiger partial charge >= 0.3 is 12.1 Å². The van der Waals surface area contributed by atoms with Crippen LogP contribution in [0.15, 0.2) is 30.3 Å². The number of carbonyl (C=O) groups excluding carboxylic acids is 2. The molecule has 0 N–H and O–H groups in total. The molecular weight excluding hydrogens is 423 g/mol. The van der Waals surface area contributed by atoms with Gasteiger partial charge in [0.15, 0.2) is 5.75 Å². The van der Waals surface area contributed by atoms with Crippen molar-refractivity contribution in [2.45, 2.75) is 26.9 Å². The number of nitrogens with zero attached hydrogens (tertiary/aromatic N) is 1. The molecule has 0 aliphatic rings. The van der Waals surface area contributed by atoms with E-state index in [-0.39, 0.29) is 16.3 Å². The topological polar surface area (TPSA) is 57.5 Å². The number of aromatic nitrogens is 1. The molecule has 0 saturated carbocycles. The van der Waals surface area contributed by atoms with Gasteiger partial charge < -0.3 is 9.47 Å².